The Kier molecular flexibility index (Phi) is 4.43. The molecule has 0 unspecified atom stereocenters. The topological polar surface area (TPSA) is 75.3 Å². The Hall–Kier alpha value is -2.18. The lowest BCUT2D eigenvalue weighted by molar-refractivity contribution is -0.114. The Labute approximate surface area is 142 Å². The molecule has 6 heteroatoms. The number of sulfonamides is 1. The molecule has 1 saturated carbocycles. The van der Waals surface area contributed by atoms with Gasteiger partial charge in [0.05, 0.1) is 4.90 Å². The predicted molar refractivity (Wildman–Crippen MR) is 93.3 cm³/mol. The van der Waals surface area contributed by atoms with E-state index in [2.05, 4.69) is 10.0 Å². The molecule has 0 aromatic heterocycles. The van der Waals surface area contributed by atoms with Crippen molar-refractivity contribution in [2.75, 3.05) is 11.9 Å². The average Bonchev–Trinajstić information content (AvgIpc) is 3.35. The van der Waals surface area contributed by atoms with E-state index in [1.165, 1.54) is 24.6 Å². The molecule has 0 heterocycles. The summed E-state index contributed by atoms with van der Waals surface area (Å²) in [7, 11) is -3.62. The maximum atomic E-state index is 12.6. The molecule has 5 nitrogen and oxygen atoms in total. The van der Waals surface area contributed by atoms with Gasteiger partial charge in [-0.1, -0.05) is 36.4 Å². The fourth-order valence-corrected chi connectivity index (χ4v) is 3.94. The normalized spacial score (nSPS) is 15.7. The number of carbonyl (C=O) groups excluding carboxylic acids is 1. The van der Waals surface area contributed by atoms with Crippen molar-refractivity contribution < 1.29 is 13.2 Å². The van der Waals surface area contributed by atoms with Crippen LogP contribution < -0.4 is 10.0 Å². The van der Waals surface area contributed by atoms with Crippen LogP contribution >= 0.6 is 0 Å². The van der Waals surface area contributed by atoms with Gasteiger partial charge in [0.25, 0.3) is 0 Å². The van der Waals surface area contributed by atoms with Gasteiger partial charge in [-0.05, 0) is 36.6 Å². The van der Waals surface area contributed by atoms with Gasteiger partial charge in [0.1, 0.15) is 0 Å². The van der Waals surface area contributed by atoms with Gasteiger partial charge >= 0.3 is 0 Å². The Morgan fingerprint density at radius 2 is 1.79 bits per heavy atom. The number of hydrogen-bond acceptors (Lipinski definition) is 3. The van der Waals surface area contributed by atoms with Crippen LogP contribution in [0.4, 0.5) is 5.69 Å². The number of amides is 1. The van der Waals surface area contributed by atoms with Crippen molar-refractivity contribution in [3.8, 4) is 0 Å². The van der Waals surface area contributed by atoms with Crippen molar-refractivity contribution in [3.05, 3.63) is 60.2 Å². The molecule has 0 bridgehead atoms. The molecule has 24 heavy (non-hydrogen) atoms. The largest absolute Gasteiger partial charge is 0.326 e. The minimum absolute atomic E-state index is 0.0937. The maximum absolute atomic E-state index is 12.6. The molecule has 0 aliphatic heterocycles. The minimum atomic E-state index is -3.62. The lowest BCUT2D eigenvalue weighted by Gasteiger charge is -2.17. The zero-order valence-electron chi connectivity index (χ0n) is 13.5. The highest BCUT2D eigenvalue weighted by Gasteiger charge is 2.44. The molecule has 2 aromatic carbocycles. The third-order valence-electron chi connectivity index (χ3n) is 4.30. The minimum Gasteiger partial charge on any atom is -0.326 e. The van der Waals surface area contributed by atoms with Gasteiger partial charge in [0, 0.05) is 24.6 Å². The Morgan fingerprint density at radius 1 is 1.08 bits per heavy atom. The quantitative estimate of drug-likeness (QED) is 0.846. The van der Waals surface area contributed by atoms with Crippen molar-refractivity contribution in [2.45, 2.75) is 30.1 Å². The van der Waals surface area contributed by atoms with Crippen LogP contribution in [-0.4, -0.2) is 20.9 Å². The first-order valence-corrected chi connectivity index (χ1v) is 9.33. The predicted octanol–water partition coefficient (Wildman–Crippen LogP) is 2.66. The van der Waals surface area contributed by atoms with Gasteiger partial charge < -0.3 is 5.32 Å². The Morgan fingerprint density at radius 3 is 2.42 bits per heavy atom. The van der Waals surface area contributed by atoms with Gasteiger partial charge in [-0.15, -0.1) is 0 Å². The molecular formula is C18H20N2O3S. The summed E-state index contributed by atoms with van der Waals surface area (Å²) in [5.41, 5.74) is 1.54. The van der Waals surface area contributed by atoms with Crippen LogP contribution in [0.5, 0.6) is 0 Å². The summed E-state index contributed by atoms with van der Waals surface area (Å²) >= 11 is 0. The number of carbonyl (C=O) groups is 1. The number of rotatable bonds is 6. The van der Waals surface area contributed by atoms with Crippen LogP contribution in [0.25, 0.3) is 0 Å². The lowest BCUT2D eigenvalue weighted by atomic mass is 9.96. The summed E-state index contributed by atoms with van der Waals surface area (Å²) in [6.07, 6.45) is 1.96. The van der Waals surface area contributed by atoms with Crippen LogP contribution in [0.15, 0.2) is 59.5 Å². The third-order valence-corrected chi connectivity index (χ3v) is 5.70. The molecule has 1 aliphatic rings. The van der Waals surface area contributed by atoms with E-state index >= 15 is 0 Å². The van der Waals surface area contributed by atoms with E-state index in [4.69, 9.17) is 0 Å². The van der Waals surface area contributed by atoms with Crippen molar-refractivity contribution in [2.24, 2.45) is 0 Å². The fraction of sp³-hybridized carbons (Fsp3) is 0.278. The zero-order valence-corrected chi connectivity index (χ0v) is 14.3. The second-order valence-electron chi connectivity index (χ2n) is 6.18. The molecule has 0 radical (unpaired) electrons. The second kappa shape index (κ2) is 6.37. The van der Waals surface area contributed by atoms with E-state index in [1.54, 1.807) is 12.1 Å². The molecule has 1 amide bonds. The lowest BCUT2D eigenvalue weighted by Crippen LogP contribution is -2.32. The number of nitrogens with one attached hydrogen (secondary N) is 2. The van der Waals surface area contributed by atoms with Crippen LogP contribution in [0, 0.1) is 0 Å². The second-order valence-corrected chi connectivity index (χ2v) is 7.95. The van der Waals surface area contributed by atoms with Crippen LogP contribution in [0.1, 0.15) is 25.3 Å². The molecule has 0 atom stereocenters. The Balaban J connectivity index is 1.74. The van der Waals surface area contributed by atoms with Gasteiger partial charge in [-0.25, -0.2) is 13.1 Å². The number of hydrogen-bond donors (Lipinski definition) is 2. The molecule has 126 valence electrons. The first kappa shape index (κ1) is 16.7. The van der Waals surface area contributed by atoms with Crippen molar-refractivity contribution in [3.63, 3.8) is 0 Å². The van der Waals surface area contributed by atoms with E-state index in [0.29, 0.717) is 12.2 Å². The first-order valence-electron chi connectivity index (χ1n) is 7.84. The van der Waals surface area contributed by atoms with Crippen molar-refractivity contribution in [1.82, 2.24) is 4.72 Å². The third kappa shape index (κ3) is 3.66. The van der Waals surface area contributed by atoms with Crippen LogP contribution in [-0.2, 0) is 20.2 Å². The van der Waals surface area contributed by atoms with Gasteiger partial charge in [0.15, 0.2) is 0 Å². The first-order chi connectivity index (χ1) is 11.4. The summed E-state index contributed by atoms with van der Waals surface area (Å²) in [4.78, 5) is 11.3. The summed E-state index contributed by atoms with van der Waals surface area (Å²) in [6.45, 7) is 1.76. The highest BCUT2D eigenvalue weighted by molar-refractivity contribution is 7.89. The van der Waals surface area contributed by atoms with Crippen LogP contribution in [0.3, 0.4) is 0 Å². The van der Waals surface area contributed by atoms with E-state index < -0.39 is 10.0 Å². The van der Waals surface area contributed by atoms with Gasteiger partial charge in [-0.3, -0.25) is 4.79 Å². The smallest absolute Gasteiger partial charge is 0.240 e. The van der Waals surface area contributed by atoms with E-state index in [9.17, 15) is 13.2 Å². The maximum Gasteiger partial charge on any atom is 0.240 e. The van der Waals surface area contributed by atoms with E-state index in [-0.39, 0.29) is 16.2 Å². The highest BCUT2D eigenvalue weighted by Crippen LogP contribution is 2.47. The molecule has 1 fully saturated rings. The van der Waals surface area contributed by atoms with Gasteiger partial charge in [-0.2, -0.15) is 0 Å². The van der Waals surface area contributed by atoms with E-state index in [1.807, 2.05) is 30.3 Å². The highest BCUT2D eigenvalue weighted by atomic mass is 32.2. The zero-order chi connectivity index (χ0) is 17.2. The fourth-order valence-electron chi connectivity index (χ4n) is 2.77. The summed E-state index contributed by atoms with van der Waals surface area (Å²) in [6, 6.07) is 16.2. The summed E-state index contributed by atoms with van der Waals surface area (Å²) in [5, 5.41) is 2.60. The molecular weight excluding hydrogens is 324 g/mol. The molecule has 0 saturated heterocycles. The van der Waals surface area contributed by atoms with Crippen LogP contribution in [0.2, 0.25) is 0 Å². The molecule has 3 rings (SSSR count). The Bertz CT molecular complexity index is 844. The molecule has 2 aromatic rings. The summed E-state index contributed by atoms with van der Waals surface area (Å²) in [5.74, 6) is -0.237. The van der Waals surface area contributed by atoms with Crippen molar-refractivity contribution >= 4 is 21.6 Å². The summed E-state index contributed by atoms with van der Waals surface area (Å²) < 4.78 is 27.8. The SMILES string of the molecule is CC(=O)Nc1cccc(S(=O)(=O)NCC2(c3ccccc3)CC2)c1. The van der Waals surface area contributed by atoms with Crippen molar-refractivity contribution in [1.29, 1.82) is 0 Å². The molecule has 1 aliphatic carbocycles. The number of benzene rings is 2. The molecule has 2 N–H and O–H groups in total. The van der Waals surface area contributed by atoms with E-state index in [0.717, 1.165) is 12.8 Å². The molecule has 0 spiro atoms. The standard InChI is InChI=1S/C18H20N2O3S/c1-14(21)20-16-8-5-9-17(12-16)24(22,23)19-13-18(10-11-18)15-6-3-2-4-7-15/h2-9,12,19H,10-11,13H2,1H3,(H,20,21). The monoisotopic (exact) mass is 344 g/mol. The van der Waals surface area contributed by atoms with Gasteiger partial charge in [0.2, 0.25) is 15.9 Å². The average molecular weight is 344 g/mol. The number of anilines is 1.